The number of aromatic nitrogens is 3. The highest BCUT2D eigenvalue weighted by Crippen LogP contribution is 2.54. The van der Waals surface area contributed by atoms with Crippen LogP contribution >= 0.6 is 0 Å². The summed E-state index contributed by atoms with van der Waals surface area (Å²) in [4.78, 5) is 39.5. The first-order valence-electron chi connectivity index (χ1n) is 17.1. The van der Waals surface area contributed by atoms with Crippen molar-refractivity contribution < 1.29 is 32.7 Å². The molecule has 0 radical (unpaired) electrons. The van der Waals surface area contributed by atoms with Gasteiger partial charge in [-0.05, 0) is 70.6 Å². The Morgan fingerprint density at radius 2 is 2.02 bits per heavy atom. The van der Waals surface area contributed by atoms with E-state index >= 15 is 4.39 Å². The smallest absolute Gasteiger partial charge is 0.410 e. The molecule has 13 heteroatoms. The fraction of sp³-hybridized carbons (Fsp3) is 0.500. The van der Waals surface area contributed by atoms with Gasteiger partial charge in [0.2, 0.25) is 0 Å². The molecule has 49 heavy (non-hydrogen) atoms. The third-order valence-corrected chi connectivity index (χ3v) is 11.7. The number of fused-ring (bicyclic) bond motifs is 6. The van der Waals surface area contributed by atoms with Crippen LogP contribution in [-0.2, 0) is 27.1 Å². The average Bonchev–Trinajstić information content (AvgIpc) is 3.88. The number of carbonyl (C=O) groups excluding carboxylic acids is 2. The van der Waals surface area contributed by atoms with Gasteiger partial charge < -0.3 is 28.2 Å². The van der Waals surface area contributed by atoms with Crippen LogP contribution in [-0.4, -0.2) is 84.8 Å². The second kappa shape index (κ2) is 10.9. The number of aryl methyl sites for hydroxylation is 1. The number of para-hydroxylation sites is 1. The molecule has 5 fully saturated rings. The molecule has 1 aromatic carbocycles. The second-order valence-electron chi connectivity index (χ2n) is 14.9. The van der Waals surface area contributed by atoms with Crippen molar-refractivity contribution in [3.8, 4) is 17.0 Å². The topological polar surface area (TPSA) is 122 Å². The molecular weight excluding hydrogens is 649 g/mol. The van der Waals surface area contributed by atoms with Crippen LogP contribution in [0.1, 0.15) is 69.8 Å². The SMILES string of the molecule is C[S+]([O-])c1nc2c(F)c(-c3cccc4c3OCCC4)ncc2c2c1cc(C1CC[C@H]3COC(=O)N13)n2[C@H]1[C@@H]2C[C@H]1N(C(=O)OC(C)(C)C)C2. The Labute approximate surface area is 285 Å². The van der Waals surface area contributed by atoms with E-state index in [0.29, 0.717) is 47.4 Å². The Hall–Kier alpha value is -4.10. The largest absolute Gasteiger partial charge is 0.610 e. The molecule has 1 saturated carbocycles. The third kappa shape index (κ3) is 4.64. The number of pyridine rings is 2. The van der Waals surface area contributed by atoms with Crippen LogP contribution < -0.4 is 4.74 Å². The Kier molecular flexibility index (Phi) is 6.91. The second-order valence-corrected chi connectivity index (χ2v) is 16.2. The summed E-state index contributed by atoms with van der Waals surface area (Å²) in [6.45, 7) is 6.97. The number of carbonyl (C=O) groups is 2. The Morgan fingerprint density at radius 1 is 1.18 bits per heavy atom. The van der Waals surface area contributed by atoms with Crippen molar-refractivity contribution in [2.45, 2.75) is 87.7 Å². The first kappa shape index (κ1) is 30.9. The van der Waals surface area contributed by atoms with E-state index in [0.717, 1.165) is 43.4 Å². The van der Waals surface area contributed by atoms with Crippen LogP contribution in [0.3, 0.4) is 0 Å². The molecule has 5 aliphatic heterocycles. The van der Waals surface area contributed by atoms with E-state index in [9.17, 15) is 14.1 Å². The van der Waals surface area contributed by atoms with Gasteiger partial charge in [0.15, 0.2) is 5.82 Å². The highest BCUT2D eigenvalue weighted by Gasteiger charge is 2.57. The normalized spacial score (nSPS) is 26.4. The number of benzene rings is 1. The van der Waals surface area contributed by atoms with Gasteiger partial charge in [0.05, 0.1) is 41.7 Å². The summed E-state index contributed by atoms with van der Waals surface area (Å²) in [7, 11) is 0. The summed E-state index contributed by atoms with van der Waals surface area (Å²) in [5.74, 6) is 0.129. The quantitative estimate of drug-likeness (QED) is 0.230. The molecule has 4 aromatic rings. The van der Waals surface area contributed by atoms with E-state index in [4.69, 9.17) is 24.2 Å². The van der Waals surface area contributed by atoms with Crippen LogP contribution in [0.4, 0.5) is 14.0 Å². The molecule has 2 amide bonds. The minimum Gasteiger partial charge on any atom is -0.610 e. The van der Waals surface area contributed by atoms with E-state index in [1.807, 2.05) is 49.9 Å². The molecule has 3 aromatic heterocycles. The number of ether oxygens (including phenoxy) is 3. The highest BCUT2D eigenvalue weighted by molar-refractivity contribution is 7.90. The molecule has 8 heterocycles. The molecule has 11 nitrogen and oxygen atoms in total. The van der Waals surface area contributed by atoms with Gasteiger partial charge in [-0.1, -0.05) is 12.1 Å². The van der Waals surface area contributed by atoms with E-state index in [2.05, 4.69) is 4.57 Å². The number of halogens is 1. The summed E-state index contributed by atoms with van der Waals surface area (Å²) >= 11 is -1.58. The summed E-state index contributed by atoms with van der Waals surface area (Å²) < 4.78 is 49.8. The summed E-state index contributed by atoms with van der Waals surface area (Å²) in [6.07, 6.45) is 6.51. The minimum atomic E-state index is -1.58. The van der Waals surface area contributed by atoms with Crippen molar-refractivity contribution in [1.82, 2.24) is 24.3 Å². The van der Waals surface area contributed by atoms with Crippen molar-refractivity contribution in [2.24, 2.45) is 5.92 Å². The Morgan fingerprint density at radius 3 is 2.82 bits per heavy atom. The molecule has 1 aliphatic carbocycles. The predicted molar refractivity (Wildman–Crippen MR) is 179 cm³/mol. The number of hydrogen-bond donors (Lipinski definition) is 0. The van der Waals surface area contributed by atoms with E-state index in [1.54, 1.807) is 17.4 Å². The van der Waals surface area contributed by atoms with Crippen LogP contribution in [0.5, 0.6) is 5.75 Å². The first-order chi connectivity index (χ1) is 23.5. The molecular formula is C36H38FN5O6S. The lowest BCUT2D eigenvalue weighted by Gasteiger charge is -2.40. The lowest BCUT2D eigenvalue weighted by molar-refractivity contribution is 0.0209. The monoisotopic (exact) mass is 687 g/mol. The Balaban J connectivity index is 1.27. The van der Waals surface area contributed by atoms with Crippen LogP contribution in [0, 0.1) is 11.7 Å². The van der Waals surface area contributed by atoms with Gasteiger partial charge in [0.25, 0.3) is 5.03 Å². The van der Waals surface area contributed by atoms with Crippen LogP contribution in [0.25, 0.3) is 33.1 Å². The van der Waals surface area contributed by atoms with Gasteiger partial charge in [-0.15, -0.1) is 0 Å². The lowest BCUT2D eigenvalue weighted by atomic mass is 9.79. The standard InChI is InChI=1S/C36H38FN5O6S/c1-36(2,3)48-34(43)40-16-19-13-26(40)30(19)42-25(24-11-10-20-17-47-35(44)41(20)24)14-22-31(42)23-15-38-28(27(37)29(23)39-33(22)49(4)45)21-9-5-7-18-8-6-12-46-32(18)21/h5,7,9,14-15,19-20,24,26,30H,6,8,10-13,16-17H2,1-4H3/t19-,20+,24?,26-,30+,49?/m1/s1. The van der Waals surface area contributed by atoms with Crippen molar-refractivity contribution in [2.75, 3.05) is 26.0 Å². The Bertz CT molecular complexity index is 2060. The van der Waals surface area contributed by atoms with E-state index in [-0.39, 0.29) is 58.5 Å². The summed E-state index contributed by atoms with van der Waals surface area (Å²) in [5, 5.41) is 1.37. The van der Waals surface area contributed by atoms with Gasteiger partial charge in [-0.3, -0.25) is 9.88 Å². The zero-order valence-corrected chi connectivity index (χ0v) is 28.7. The van der Waals surface area contributed by atoms with Crippen LogP contribution in [0.2, 0.25) is 0 Å². The van der Waals surface area contributed by atoms with Crippen molar-refractivity contribution in [1.29, 1.82) is 0 Å². The number of amides is 2. The number of nitrogens with zero attached hydrogens (tertiary/aromatic N) is 5. The number of cyclic esters (lactones) is 1. The molecule has 4 saturated heterocycles. The first-order valence-corrected chi connectivity index (χ1v) is 18.6. The summed E-state index contributed by atoms with van der Waals surface area (Å²) in [5.41, 5.74) is 2.63. The highest BCUT2D eigenvalue weighted by atomic mass is 32.2. The van der Waals surface area contributed by atoms with Gasteiger partial charge >= 0.3 is 12.2 Å². The summed E-state index contributed by atoms with van der Waals surface area (Å²) in [6, 6.07) is 6.98. The van der Waals surface area contributed by atoms with E-state index in [1.165, 1.54) is 0 Å². The number of rotatable bonds is 4. The maximum absolute atomic E-state index is 16.9. The van der Waals surface area contributed by atoms with Crippen molar-refractivity contribution >= 4 is 45.2 Å². The van der Waals surface area contributed by atoms with Gasteiger partial charge in [-0.2, -0.15) is 4.98 Å². The molecule has 6 aliphatic rings. The molecule has 10 rings (SSSR count). The average molecular weight is 688 g/mol. The zero-order valence-electron chi connectivity index (χ0n) is 27.9. The van der Waals surface area contributed by atoms with Crippen molar-refractivity contribution in [3.63, 3.8) is 0 Å². The zero-order chi connectivity index (χ0) is 33.9. The van der Waals surface area contributed by atoms with Gasteiger partial charge in [-0.25, -0.2) is 14.0 Å². The van der Waals surface area contributed by atoms with Gasteiger partial charge in [0, 0.05) is 46.5 Å². The lowest BCUT2D eigenvalue weighted by Crippen LogP contribution is -2.45. The van der Waals surface area contributed by atoms with Crippen LogP contribution in [0.15, 0.2) is 35.5 Å². The maximum atomic E-state index is 16.9. The molecule has 256 valence electrons. The maximum Gasteiger partial charge on any atom is 0.410 e. The number of hydrogen-bond acceptors (Lipinski definition) is 8. The fourth-order valence-corrected chi connectivity index (χ4v) is 9.51. The minimum absolute atomic E-state index is 0.0318. The molecule has 0 spiro atoms. The van der Waals surface area contributed by atoms with Crippen molar-refractivity contribution in [3.05, 3.63) is 47.5 Å². The molecule has 2 bridgehead atoms. The van der Waals surface area contributed by atoms with E-state index < -0.39 is 22.6 Å². The molecule has 0 N–H and O–H groups in total. The fourth-order valence-electron chi connectivity index (χ4n) is 8.82. The molecule has 6 atom stereocenters. The predicted octanol–water partition coefficient (Wildman–Crippen LogP) is 6.29. The third-order valence-electron chi connectivity index (χ3n) is 10.9. The van der Waals surface area contributed by atoms with Gasteiger partial charge in [0.1, 0.15) is 35.4 Å². The molecule has 2 unspecified atom stereocenters.